The fourth-order valence-corrected chi connectivity index (χ4v) is 3.22. The zero-order valence-corrected chi connectivity index (χ0v) is 15.9. The first-order chi connectivity index (χ1) is 12.3. The van der Waals surface area contributed by atoms with Crippen LogP contribution in [0.25, 0.3) is 0 Å². The fraction of sp³-hybridized carbons (Fsp3) is 0.611. The second-order valence-corrected chi connectivity index (χ2v) is 7.00. The molecule has 0 aromatic heterocycles. The topological polar surface area (TPSA) is 86.4 Å². The summed E-state index contributed by atoms with van der Waals surface area (Å²) in [5.74, 6) is 1.37. The van der Waals surface area contributed by atoms with Crippen molar-refractivity contribution in [2.24, 2.45) is 5.92 Å². The van der Waals surface area contributed by atoms with Crippen LogP contribution in [0.4, 0.5) is 5.69 Å². The van der Waals surface area contributed by atoms with Gasteiger partial charge in [-0.05, 0) is 12.0 Å². The zero-order valence-electron chi connectivity index (χ0n) is 15.9. The first-order valence-corrected chi connectivity index (χ1v) is 8.86. The highest BCUT2D eigenvalue weighted by atomic mass is 16.6. The standard InChI is InChI=1S/C18H27N3O5/c1-13(2)9-18(22)20-7-5-19(6-8-20)12-14-10-16(25-3)17(26-4)11-15(14)21(23)24/h10-11,13H,5-9,12H2,1-4H3/p+1. The van der Waals surface area contributed by atoms with E-state index >= 15 is 0 Å². The molecule has 0 spiro atoms. The number of hydrogen-bond donors (Lipinski definition) is 1. The number of nitrogens with one attached hydrogen (secondary N) is 1. The highest BCUT2D eigenvalue weighted by molar-refractivity contribution is 5.76. The molecule has 1 saturated heterocycles. The van der Waals surface area contributed by atoms with Crippen LogP contribution >= 0.6 is 0 Å². The van der Waals surface area contributed by atoms with E-state index in [1.54, 1.807) is 6.07 Å². The maximum absolute atomic E-state index is 12.2. The third-order valence-electron chi connectivity index (χ3n) is 4.63. The van der Waals surface area contributed by atoms with Gasteiger partial charge in [0.25, 0.3) is 5.69 Å². The van der Waals surface area contributed by atoms with E-state index < -0.39 is 0 Å². The van der Waals surface area contributed by atoms with Crippen LogP contribution in [0.2, 0.25) is 0 Å². The molecule has 2 rings (SSSR count). The fourth-order valence-electron chi connectivity index (χ4n) is 3.22. The molecule has 0 atom stereocenters. The molecule has 26 heavy (non-hydrogen) atoms. The van der Waals surface area contributed by atoms with Gasteiger partial charge in [0.05, 0.1) is 57.0 Å². The summed E-state index contributed by atoms with van der Waals surface area (Å²) >= 11 is 0. The van der Waals surface area contributed by atoms with Crippen LogP contribution in [0.3, 0.4) is 0 Å². The van der Waals surface area contributed by atoms with Gasteiger partial charge >= 0.3 is 0 Å². The van der Waals surface area contributed by atoms with Crippen LogP contribution in [0.5, 0.6) is 11.5 Å². The smallest absolute Gasteiger partial charge is 0.282 e. The highest BCUT2D eigenvalue weighted by Gasteiger charge is 2.27. The van der Waals surface area contributed by atoms with Crippen molar-refractivity contribution >= 4 is 11.6 Å². The Bertz CT molecular complexity index is 654. The number of rotatable bonds is 7. The molecule has 1 fully saturated rings. The van der Waals surface area contributed by atoms with Crippen LogP contribution in [0.15, 0.2) is 12.1 Å². The Morgan fingerprint density at radius 1 is 1.23 bits per heavy atom. The summed E-state index contributed by atoms with van der Waals surface area (Å²) < 4.78 is 10.4. The number of carbonyl (C=O) groups excluding carboxylic acids is 1. The molecule has 0 radical (unpaired) electrons. The van der Waals surface area contributed by atoms with Gasteiger partial charge in [-0.25, -0.2) is 0 Å². The molecular weight excluding hydrogens is 338 g/mol. The largest absolute Gasteiger partial charge is 0.493 e. The normalized spacial score (nSPS) is 15.2. The number of piperazine rings is 1. The van der Waals surface area contributed by atoms with E-state index in [-0.39, 0.29) is 16.5 Å². The number of nitro groups is 1. The molecule has 1 aliphatic rings. The van der Waals surface area contributed by atoms with E-state index in [0.29, 0.717) is 49.0 Å². The zero-order chi connectivity index (χ0) is 19.3. The van der Waals surface area contributed by atoms with Crippen molar-refractivity contribution in [1.29, 1.82) is 0 Å². The Morgan fingerprint density at radius 2 is 1.81 bits per heavy atom. The molecule has 8 heteroatoms. The third kappa shape index (κ3) is 4.85. The van der Waals surface area contributed by atoms with E-state index in [9.17, 15) is 14.9 Å². The van der Waals surface area contributed by atoms with Crippen molar-refractivity contribution in [1.82, 2.24) is 4.90 Å². The summed E-state index contributed by atoms with van der Waals surface area (Å²) in [6.07, 6.45) is 0.566. The minimum atomic E-state index is -0.390. The molecule has 0 aliphatic carbocycles. The minimum Gasteiger partial charge on any atom is -0.493 e. The molecule has 1 aromatic rings. The number of nitrogens with zero attached hydrogens (tertiary/aromatic N) is 2. The van der Waals surface area contributed by atoms with Gasteiger partial charge in [0, 0.05) is 6.42 Å². The number of ether oxygens (including phenoxy) is 2. The third-order valence-corrected chi connectivity index (χ3v) is 4.63. The highest BCUT2D eigenvalue weighted by Crippen LogP contribution is 2.34. The summed E-state index contributed by atoms with van der Waals surface area (Å²) in [4.78, 5) is 26.3. The first kappa shape index (κ1) is 20.0. The summed E-state index contributed by atoms with van der Waals surface area (Å²) in [7, 11) is 2.97. The van der Waals surface area contributed by atoms with Crippen molar-refractivity contribution in [3.05, 3.63) is 27.8 Å². The molecule has 1 N–H and O–H groups in total. The lowest BCUT2D eigenvalue weighted by Gasteiger charge is -2.32. The predicted molar refractivity (Wildman–Crippen MR) is 96.6 cm³/mol. The minimum absolute atomic E-state index is 0.0356. The Morgan fingerprint density at radius 3 is 2.31 bits per heavy atom. The second-order valence-electron chi connectivity index (χ2n) is 7.00. The molecular formula is C18H28N3O5+. The lowest BCUT2D eigenvalue weighted by atomic mass is 10.1. The molecule has 1 aromatic carbocycles. The Balaban J connectivity index is 2.07. The van der Waals surface area contributed by atoms with Gasteiger partial charge in [0.1, 0.15) is 6.54 Å². The maximum atomic E-state index is 12.2. The van der Waals surface area contributed by atoms with Gasteiger partial charge in [0.2, 0.25) is 5.91 Å². The summed E-state index contributed by atoms with van der Waals surface area (Å²) in [6.45, 7) is 7.50. The molecule has 144 valence electrons. The quantitative estimate of drug-likeness (QED) is 0.572. The van der Waals surface area contributed by atoms with Crippen LogP contribution in [-0.2, 0) is 11.3 Å². The lowest BCUT2D eigenvalue weighted by Crippen LogP contribution is -3.13. The van der Waals surface area contributed by atoms with Crippen molar-refractivity contribution in [2.75, 3.05) is 40.4 Å². The van der Waals surface area contributed by atoms with Crippen LogP contribution < -0.4 is 14.4 Å². The van der Waals surface area contributed by atoms with Crippen LogP contribution in [-0.4, -0.2) is 56.1 Å². The number of carbonyl (C=O) groups is 1. The number of hydrogen-bond acceptors (Lipinski definition) is 5. The van der Waals surface area contributed by atoms with Crippen molar-refractivity contribution in [2.45, 2.75) is 26.8 Å². The maximum Gasteiger partial charge on any atom is 0.282 e. The van der Waals surface area contributed by atoms with E-state index in [0.717, 1.165) is 13.1 Å². The molecule has 0 bridgehead atoms. The molecule has 1 aliphatic heterocycles. The number of amides is 1. The average molecular weight is 366 g/mol. The monoisotopic (exact) mass is 366 g/mol. The number of benzene rings is 1. The summed E-state index contributed by atoms with van der Waals surface area (Å²) in [5, 5.41) is 11.4. The SMILES string of the molecule is COc1cc(C[NH+]2CCN(C(=O)CC(C)C)CC2)c([N+](=O)[O-])cc1OC. The Labute approximate surface area is 153 Å². The average Bonchev–Trinajstić information content (AvgIpc) is 2.61. The number of methoxy groups -OCH3 is 2. The van der Waals surface area contributed by atoms with E-state index in [2.05, 4.69) is 0 Å². The van der Waals surface area contributed by atoms with Crippen molar-refractivity contribution in [3.8, 4) is 11.5 Å². The Hall–Kier alpha value is -2.35. The number of quaternary nitrogens is 1. The van der Waals surface area contributed by atoms with Crippen LogP contribution in [0, 0.1) is 16.0 Å². The second kappa shape index (κ2) is 8.84. The Kier molecular flexibility index (Phi) is 6.79. The lowest BCUT2D eigenvalue weighted by molar-refractivity contribution is -0.917. The van der Waals surface area contributed by atoms with Gasteiger partial charge in [-0.2, -0.15) is 0 Å². The van der Waals surface area contributed by atoms with Gasteiger partial charge in [-0.1, -0.05) is 13.8 Å². The predicted octanol–water partition coefficient (Wildman–Crippen LogP) is 0.885. The van der Waals surface area contributed by atoms with Gasteiger partial charge in [0.15, 0.2) is 11.5 Å². The first-order valence-electron chi connectivity index (χ1n) is 8.86. The molecule has 1 amide bonds. The van der Waals surface area contributed by atoms with E-state index in [1.807, 2.05) is 18.7 Å². The van der Waals surface area contributed by atoms with Crippen molar-refractivity contribution in [3.63, 3.8) is 0 Å². The van der Waals surface area contributed by atoms with Crippen LogP contribution in [0.1, 0.15) is 25.8 Å². The summed E-state index contributed by atoms with van der Waals surface area (Å²) in [5.41, 5.74) is 0.651. The van der Waals surface area contributed by atoms with Crippen molar-refractivity contribution < 1.29 is 24.1 Å². The number of nitro benzene ring substituents is 1. The molecule has 8 nitrogen and oxygen atoms in total. The summed E-state index contributed by atoms with van der Waals surface area (Å²) in [6, 6.07) is 3.09. The van der Waals surface area contributed by atoms with Gasteiger partial charge in [-0.15, -0.1) is 0 Å². The molecule has 0 unspecified atom stereocenters. The van der Waals surface area contributed by atoms with Gasteiger partial charge in [-0.3, -0.25) is 14.9 Å². The van der Waals surface area contributed by atoms with E-state index in [1.165, 1.54) is 25.2 Å². The molecule has 0 saturated carbocycles. The van der Waals surface area contributed by atoms with E-state index in [4.69, 9.17) is 9.47 Å². The molecule has 1 heterocycles. The van der Waals surface area contributed by atoms with Gasteiger partial charge < -0.3 is 19.3 Å².